The summed E-state index contributed by atoms with van der Waals surface area (Å²) >= 11 is 0. The van der Waals surface area contributed by atoms with Crippen molar-refractivity contribution in [2.24, 2.45) is 5.92 Å². The highest BCUT2D eigenvalue weighted by molar-refractivity contribution is 5.69. The zero-order valence-corrected chi connectivity index (χ0v) is 9.83. The molecule has 0 saturated heterocycles. The van der Waals surface area contributed by atoms with Crippen molar-refractivity contribution in [3.05, 3.63) is 0 Å². The van der Waals surface area contributed by atoms with Crippen LogP contribution in [-0.4, -0.2) is 41.3 Å². The molecule has 0 aliphatic heterocycles. The summed E-state index contributed by atoms with van der Waals surface area (Å²) in [4.78, 5) is 11.6. The van der Waals surface area contributed by atoms with Gasteiger partial charge in [0.1, 0.15) is 0 Å². The maximum absolute atomic E-state index is 12.4. The summed E-state index contributed by atoms with van der Waals surface area (Å²) in [6.07, 6.45) is -1.27. The predicted molar refractivity (Wildman–Crippen MR) is 56.7 cm³/mol. The standard InChI is InChI=1S/C11H18F3NO2/c1-8-2-4-9(5-3-8)15(6-10(16)17)7-11(12,13)14/h8-9H,2-7H2,1H3,(H,16,17). The van der Waals surface area contributed by atoms with Gasteiger partial charge in [-0.25, -0.2) is 0 Å². The smallest absolute Gasteiger partial charge is 0.401 e. The highest BCUT2D eigenvalue weighted by Crippen LogP contribution is 2.29. The molecule has 1 rings (SSSR count). The molecule has 3 nitrogen and oxygen atoms in total. The fraction of sp³-hybridized carbons (Fsp3) is 0.909. The highest BCUT2D eigenvalue weighted by atomic mass is 19.4. The van der Waals surface area contributed by atoms with Gasteiger partial charge in [-0.05, 0) is 31.6 Å². The lowest BCUT2D eigenvalue weighted by molar-refractivity contribution is -0.159. The third-order valence-electron chi connectivity index (χ3n) is 3.22. The van der Waals surface area contributed by atoms with Crippen LogP contribution in [-0.2, 0) is 4.79 Å². The second-order valence-corrected chi connectivity index (χ2v) is 4.83. The van der Waals surface area contributed by atoms with E-state index in [4.69, 9.17) is 5.11 Å². The molecule has 0 heterocycles. The second kappa shape index (κ2) is 5.71. The van der Waals surface area contributed by atoms with Crippen molar-refractivity contribution in [3.8, 4) is 0 Å². The first-order valence-corrected chi connectivity index (χ1v) is 5.80. The Balaban J connectivity index is 2.59. The SMILES string of the molecule is CC1CCC(N(CC(=O)O)CC(F)(F)F)CC1. The fourth-order valence-electron chi connectivity index (χ4n) is 2.33. The normalized spacial score (nSPS) is 26.2. The summed E-state index contributed by atoms with van der Waals surface area (Å²) in [6, 6.07) is -0.246. The van der Waals surface area contributed by atoms with E-state index in [1.54, 1.807) is 0 Å². The van der Waals surface area contributed by atoms with E-state index in [9.17, 15) is 18.0 Å². The van der Waals surface area contributed by atoms with E-state index in [0.717, 1.165) is 17.7 Å². The van der Waals surface area contributed by atoms with Crippen LogP contribution in [0.3, 0.4) is 0 Å². The molecule has 1 N–H and O–H groups in total. The highest BCUT2D eigenvalue weighted by Gasteiger charge is 2.35. The Labute approximate surface area is 98.6 Å². The van der Waals surface area contributed by atoms with Gasteiger partial charge in [0.2, 0.25) is 0 Å². The van der Waals surface area contributed by atoms with Crippen LogP contribution in [0.15, 0.2) is 0 Å². The van der Waals surface area contributed by atoms with Crippen molar-refractivity contribution in [1.82, 2.24) is 4.90 Å². The van der Waals surface area contributed by atoms with Crippen molar-refractivity contribution >= 4 is 5.97 Å². The van der Waals surface area contributed by atoms with Crippen molar-refractivity contribution in [1.29, 1.82) is 0 Å². The van der Waals surface area contributed by atoms with E-state index in [0.29, 0.717) is 18.8 Å². The summed E-state index contributed by atoms with van der Waals surface area (Å²) in [7, 11) is 0. The lowest BCUT2D eigenvalue weighted by Gasteiger charge is -2.35. The predicted octanol–water partition coefficient (Wildman–Crippen LogP) is 2.51. The van der Waals surface area contributed by atoms with Crippen LogP contribution in [0.2, 0.25) is 0 Å². The van der Waals surface area contributed by atoms with Crippen LogP contribution < -0.4 is 0 Å². The fourth-order valence-corrected chi connectivity index (χ4v) is 2.33. The van der Waals surface area contributed by atoms with Gasteiger partial charge < -0.3 is 5.11 Å². The van der Waals surface area contributed by atoms with E-state index in [2.05, 4.69) is 6.92 Å². The first-order valence-electron chi connectivity index (χ1n) is 5.80. The minimum Gasteiger partial charge on any atom is -0.480 e. The summed E-state index contributed by atoms with van der Waals surface area (Å²) in [6.45, 7) is 0.415. The Hall–Kier alpha value is -0.780. The number of nitrogens with zero attached hydrogens (tertiary/aromatic N) is 1. The maximum Gasteiger partial charge on any atom is 0.401 e. The summed E-state index contributed by atoms with van der Waals surface area (Å²) in [5.41, 5.74) is 0. The number of hydrogen-bond donors (Lipinski definition) is 1. The zero-order chi connectivity index (χ0) is 13.1. The lowest BCUT2D eigenvalue weighted by atomic mass is 9.86. The van der Waals surface area contributed by atoms with Gasteiger partial charge >= 0.3 is 12.1 Å². The Morgan fingerprint density at radius 2 is 1.82 bits per heavy atom. The number of aliphatic carboxylic acids is 1. The quantitative estimate of drug-likeness (QED) is 0.837. The topological polar surface area (TPSA) is 40.5 Å². The summed E-state index contributed by atoms with van der Waals surface area (Å²) < 4.78 is 37.1. The molecule has 1 saturated carbocycles. The molecule has 0 aromatic rings. The maximum atomic E-state index is 12.4. The number of carbonyl (C=O) groups is 1. The van der Waals surface area contributed by atoms with E-state index < -0.39 is 25.2 Å². The summed E-state index contributed by atoms with van der Waals surface area (Å²) in [5, 5.41) is 8.65. The number of halogens is 3. The van der Waals surface area contributed by atoms with Gasteiger partial charge in [0, 0.05) is 6.04 Å². The van der Waals surface area contributed by atoms with Crippen molar-refractivity contribution in [2.75, 3.05) is 13.1 Å². The van der Waals surface area contributed by atoms with Crippen LogP contribution >= 0.6 is 0 Å². The number of carboxylic acids is 1. The monoisotopic (exact) mass is 253 g/mol. The molecule has 1 fully saturated rings. The molecule has 1 aliphatic carbocycles. The Morgan fingerprint density at radius 1 is 1.29 bits per heavy atom. The number of carboxylic acid groups (broad SMARTS) is 1. The number of hydrogen-bond acceptors (Lipinski definition) is 2. The molecule has 6 heteroatoms. The third kappa shape index (κ3) is 5.39. The van der Waals surface area contributed by atoms with Crippen LogP contribution in [0.4, 0.5) is 13.2 Å². The van der Waals surface area contributed by atoms with Gasteiger partial charge in [-0.1, -0.05) is 6.92 Å². The van der Waals surface area contributed by atoms with Gasteiger partial charge in [0.15, 0.2) is 0 Å². The minimum absolute atomic E-state index is 0.246. The Bertz CT molecular complexity index is 260. The minimum atomic E-state index is -4.33. The van der Waals surface area contributed by atoms with Gasteiger partial charge in [0.25, 0.3) is 0 Å². The molecule has 1 aliphatic rings. The van der Waals surface area contributed by atoms with E-state index in [-0.39, 0.29) is 6.04 Å². The Kier molecular flexibility index (Phi) is 4.80. The molecule has 0 aromatic heterocycles. The number of rotatable bonds is 4. The van der Waals surface area contributed by atoms with Crippen LogP contribution in [0.25, 0.3) is 0 Å². The molecule has 0 bridgehead atoms. The first kappa shape index (κ1) is 14.3. The van der Waals surface area contributed by atoms with E-state index in [1.165, 1.54) is 0 Å². The molecule has 0 unspecified atom stereocenters. The molecule has 0 spiro atoms. The van der Waals surface area contributed by atoms with Crippen LogP contribution in [0.1, 0.15) is 32.6 Å². The van der Waals surface area contributed by atoms with Crippen molar-refractivity contribution < 1.29 is 23.1 Å². The average molecular weight is 253 g/mol. The number of alkyl halides is 3. The van der Waals surface area contributed by atoms with Gasteiger partial charge in [-0.3, -0.25) is 9.69 Å². The van der Waals surface area contributed by atoms with Crippen LogP contribution in [0, 0.1) is 5.92 Å². The lowest BCUT2D eigenvalue weighted by Crippen LogP contribution is -2.45. The van der Waals surface area contributed by atoms with Gasteiger partial charge in [-0.15, -0.1) is 0 Å². The Morgan fingerprint density at radius 3 is 2.24 bits per heavy atom. The molecule has 17 heavy (non-hydrogen) atoms. The summed E-state index contributed by atoms with van der Waals surface area (Å²) in [5.74, 6) is -0.670. The van der Waals surface area contributed by atoms with Gasteiger partial charge in [-0.2, -0.15) is 13.2 Å². The molecule has 0 amide bonds. The van der Waals surface area contributed by atoms with Crippen LogP contribution in [0.5, 0.6) is 0 Å². The molecular weight excluding hydrogens is 235 g/mol. The van der Waals surface area contributed by atoms with E-state index >= 15 is 0 Å². The molecular formula is C11H18F3NO2. The zero-order valence-electron chi connectivity index (χ0n) is 9.83. The van der Waals surface area contributed by atoms with E-state index in [1.807, 2.05) is 0 Å². The molecule has 0 aromatic carbocycles. The van der Waals surface area contributed by atoms with Crippen molar-refractivity contribution in [2.45, 2.75) is 44.8 Å². The molecule has 0 atom stereocenters. The third-order valence-corrected chi connectivity index (χ3v) is 3.22. The second-order valence-electron chi connectivity index (χ2n) is 4.83. The first-order chi connectivity index (χ1) is 7.78. The average Bonchev–Trinajstić information content (AvgIpc) is 2.14. The molecule has 100 valence electrons. The van der Waals surface area contributed by atoms with Crippen molar-refractivity contribution in [3.63, 3.8) is 0 Å². The van der Waals surface area contributed by atoms with Gasteiger partial charge in [0.05, 0.1) is 13.1 Å². The largest absolute Gasteiger partial charge is 0.480 e. The molecule has 0 radical (unpaired) electrons.